The summed E-state index contributed by atoms with van der Waals surface area (Å²) in [5.74, 6) is 1.46. The van der Waals surface area contributed by atoms with Crippen LogP contribution in [0.25, 0.3) is 0 Å². The van der Waals surface area contributed by atoms with Crippen LogP contribution in [0.1, 0.15) is 12.7 Å². The number of hydrogen-bond donors (Lipinski definition) is 1. The van der Waals surface area contributed by atoms with Gasteiger partial charge in [0.1, 0.15) is 11.6 Å². The standard InChI is InChI=1S/C16H20N4O2S/c1-5-10-20-12(3)18-19-16(20)23-11(2)15(21)17-13-6-8-14(22-4)9-7-13/h5-9,11H,1,10H2,2-4H3,(H,17,21)/t11-/m1/s1. The maximum atomic E-state index is 12.3. The molecule has 0 aliphatic heterocycles. The van der Waals surface area contributed by atoms with Gasteiger partial charge in [0.05, 0.1) is 12.4 Å². The summed E-state index contributed by atoms with van der Waals surface area (Å²) < 4.78 is 7.02. The van der Waals surface area contributed by atoms with Gasteiger partial charge in [0.2, 0.25) is 5.91 Å². The van der Waals surface area contributed by atoms with Crippen molar-refractivity contribution in [2.24, 2.45) is 0 Å². The molecule has 7 heteroatoms. The Balaban J connectivity index is 2.00. The Morgan fingerprint density at radius 3 is 2.74 bits per heavy atom. The molecule has 1 N–H and O–H groups in total. The van der Waals surface area contributed by atoms with Gasteiger partial charge in [0, 0.05) is 12.2 Å². The first-order valence-corrected chi connectivity index (χ1v) is 8.05. The van der Waals surface area contributed by atoms with Crippen LogP contribution in [-0.4, -0.2) is 33.0 Å². The molecule has 23 heavy (non-hydrogen) atoms. The minimum Gasteiger partial charge on any atom is -0.497 e. The molecule has 0 unspecified atom stereocenters. The summed E-state index contributed by atoms with van der Waals surface area (Å²) in [5.41, 5.74) is 0.729. The molecule has 0 radical (unpaired) electrons. The van der Waals surface area contributed by atoms with Crippen LogP contribution in [0.3, 0.4) is 0 Å². The average molecular weight is 332 g/mol. The molecule has 0 aliphatic rings. The van der Waals surface area contributed by atoms with Crippen molar-refractivity contribution < 1.29 is 9.53 Å². The Hall–Kier alpha value is -2.28. The lowest BCUT2D eigenvalue weighted by molar-refractivity contribution is -0.115. The van der Waals surface area contributed by atoms with Crippen LogP contribution in [0.15, 0.2) is 42.1 Å². The van der Waals surface area contributed by atoms with E-state index in [2.05, 4.69) is 22.1 Å². The minimum absolute atomic E-state index is 0.0917. The first-order chi connectivity index (χ1) is 11.0. The Kier molecular flexibility index (Phi) is 5.81. The molecule has 0 spiro atoms. The highest BCUT2D eigenvalue weighted by Gasteiger charge is 2.19. The number of carbonyl (C=O) groups excluding carboxylic acids is 1. The van der Waals surface area contributed by atoms with Crippen LogP contribution < -0.4 is 10.1 Å². The van der Waals surface area contributed by atoms with Crippen molar-refractivity contribution in [1.82, 2.24) is 14.8 Å². The summed E-state index contributed by atoms with van der Waals surface area (Å²) in [7, 11) is 1.60. The van der Waals surface area contributed by atoms with Gasteiger partial charge < -0.3 is 14.6 Å². The third kappa shape index (κ3) is 4.35. The quantitative estimate of drug-likeness (QED) is 0.624. The summed E-state index contributed by atoms with van der Waals surface area (Å²) in [6.07, 6.45) is 1.78. The molecule has 2 aromatic rings. The number of nitrogens with one attached hydrogen (secondary N) is 1. The molecule has 0 fully saturated rings. The summed E-state index contributed by atoms with van der Waals surface area (Å²) in [6, 6.07) is 7.21. The van der Waals surface area contributed by atoms with Crippen molar-refractivity contribution in [2.75, 3.05) is 12.4 Å². The lowest BCUT2D eigenvalue weighted by atomic mass is 10.3. The summed E-state index contributed by atoms with van der Waals surface area (Å²) in [5, 5.41) is 11.5. The monoisotopic (exact) mass is 332 g/mol. The first-order valence-electron chi connectivity index (χ1n) is 7.17. The first kappa shape index (κ1) is 17.1. The second kappa shape index (κ2) is 7.82. The molecule has 0 saturated heterocycles. The van der Waals surface area contributed by atoms with E-state index in [4.69, 9.17) is 4.74 Å². The number of methoxy groups -OCH3 is 1. The van der Waals surface area contributed by atoms with Crippen molar-refractivity contribution in [1.29, 1.82) is 0 Å². The van der Waals surface area contributed by atoms with Crippen molar-refractivity contribution in [3.05, 3.63) is 42.7 Å². The minimum atomic E-state index is -0.302. The Morgan fingerprint density at radius 2 is 2.13 bits per heavy atom. The molecular weight excluding hydrogens is 312 g/mol. The van der Waals surface area contributed by atoms with Gasteiger partial charge in [-0.25, -0.2) is 0 Å². The van der Waals surface area contributed by atoms with E-state index in [0.717, 1.165) is 17.3 Å². The molecule has 122 valence electrons. The molecule has 1 amide bonds. The highest BCUT2D eigenvalue weighted by atomic mass is 32.2. The lowest BCUT2D eigenvalue weighted by Gasteiger charge is -2.12. The number of hydrogen-bond acceptors (Lipinski definition) is 5. The molecule has 1 aromatic heterocycles. The van der Waals surface area contributed by atoms with Crippen molar-refractivity contribution >= 4 is 23.4 Å². The second-order valence-corrected chi connectivity index (χ2v) is 6.21. The van der Waals surface area contributed by atoms with Crippen LogP contribution in [-0.2, 0) is 11.3 Å². The fourth-order valence-electron chi connectivity index (χ4n) is 1.92. The van der Waals surface area contributed by atoms with Crippen LogP contribution in [0.2, 0.25) is 0 Å². The Morgan fingerprint density at radius 1 is 1.43 bits per heavy atom. The average Bonchev–Trinajstić information content (AvgIpc) is 2.89. The van der Waals surface area contributed by atoms with E-state index in [1.807, 2.05) is 18.4 Å². The Labute approximate surface area is 139 Å². The number of anilines is 1. The fraction of sp³-hybridized carbons (Fsp3) is 0.312. The normalized spacial score (nSPS) is 11.8. The number of amides is 1. The van der Waals surface area contributed by atoms with Crippen LogP contribution >= 0.6 is 11.8 Å². The summed E-state index contributed by atoms with van der Waals surface area (Å²) in [6.45, 7) is 8.06. The molecule has 0 bridgehead atoms. The van der Waals surface area contributed by atoms with Crippen LogP contribution in [0.4, 0.5) is 5.69 Å². The summed E-state index contributed by atoms with van der Waals surface area (Å²) >= 11 is 1.37. The zero-order chi connectivity index (χ0) is 16.8. The molecular formula is C16H20N4O2S. The fourth-order valence-corrected chi connectivity index (χ4v) is 2.82. The number of aryl methyl sites for hydroxylation is 1. The third-order valence-electron chi connectivity index (χ3n) is 3.22. The van der Waals surface area contributed by atoms with E-state index in [9.17, 15) is 4.79 Å². The number of benzene rings is 1. The summed E-state index contributed by atoms with van der Waals surface area (Å²) in [4.78, 5) is 12.3. The van der Waals surface area contributed by atoms with Crippen LogP contribution in [0.5, 0.6) is 5.75 Å². The SMILES string of the molecule is C=CCn1c(C)nnc1S[C@H](C)C(=O)Nc1ccc(OC)cc1. The maximum Gasteiger partial charge on any atom is 0.237 e. The number of carbonyl (C=O) groups is 1. The second-order valence-electron chi connectivity index (χ2n) is 4.91. The zero-order valence-electron chi connectivity index (χ0n) is 13.4. The molecule has 2 rings (SSSR count). The third-order valence-corrected chi connectivity index (χ3v) is 4.30. The van der Waals surface area contributed by atoms with Gasteiger partial charge in [-0.05, 0) is 38.1 Å². The van der Waals surface area contributed by atoms with Gasteiger partial charge in [-0.1, -0.05) is 17.8 Å². The van der Waals surface area contributed by atoms with Gasteiger partial charge in [-0.2, -0.15) is 0 Å². The van der Waals surface area contributed by atoms with Gasteiger partial charge in [-0.3, -0.25) is 4.79 Å². The number of allylic oxidation sites excluding steroid dienone is 1. The molecule has 6 nitrogen and oxygen atoms in total. The predicted molar refractivity (Wildman–Crippen MR) is 91.9 cm³/mol. The Bertz CT molecular complexity index is 682. The number of nitrogens with zero attached hydrogens (tertiary/aromatic N) is 3. The maximum absolute atomic E-state index is 12.3. The van der Waals surface area contributed by atoms with Crippen molar-refractivity contribution in [3.63, 3.8) is 0 Å². The molecule has 1 atom stereocenters. The van der Waals surface area contributed by atoms with E-state index in [-0.39, 0.29) is 11.2 Å². The number of thioether (sulfide) groups is 1. The largest absolute Gasteiger partial charge is 0.497 e. The van der Waals surface area contributed by atoms with E-state index in [0.29, 0.717) is 11.7 Å². The molecule has 1 aromatic carbocycles. The van der Waals surface area contributed by atoms with E-state index >= 15 is 0 Å². The highest BCUT2D eigenvalue weighted by molar-refractivity contribution is 8.00. The van der Waals surface area contributed by atoms with Gasteiger partial charge >= 0.3 is 0 Å². The molecule has 1 heterocycles. The van der Waals surface area contributed by atoms with Gasteiger partial charge in [0.15, 0.2) is 5.16 Å². The van der Waals surface area contributed by atoms with Crippen molar-refractivity contribution in [2.45, 2.75) is 30.8 Å². The number of rotatable bonds is 7. The highest BCUT2D eigenvalue weighted by Crippen LogP contribution is 2.24. The van der Waals surface area contributed by atoms with E-state index in [1.165, 1.54) is 11.8 Å². The topological polar surface area (TPSA) is 69.0 Å². The molecule has 0 saturated carbocycles. The van der Waals surface area contributed by atoms with Crippen molar-refractivity contribution in [3.8, 4) is 5.75 Å². The smallest absolute Gasteiger partial charge is 0.237 e. The predicted octanol–water partition coefficient (Wildman–Crippen LogP) is 2.90. The lowest BCUT2D eigenvalue weighted by Crippen LogP contribution is -2.23. The molecule has 0 aliphatic carbocycles. The number of aromatic nitrogens is 3. The van der Waals surface area contributed by atoms with E-state index < -0.39 is 0 Å². The van der Waals surface area contributed by atoms with Gasteiger partial charge in [-0.15, -0.1) is 16.8 Å². The zero-order valence-corrected chi connectivity index (χ0v) is 14.3. The van der Waals surface area contributed by atoms with Crippen LogP contribution in [0, 0.1) is 6.92 Å². The number of ether oxygens (including phenoxy) is 1. The van der Waals surface area contributed by atoms with E-state index in [1.54, 1.807) is 37.5 Å². The van der Waals surface area contributed by atoms with Gasteiger partial charge in [0.25, 0.3) is 0 Å².